The van der Waals surface area contributed by atoms with Crippen LogP contribution in [0, 0.1) is 0 Å². The Balaban J connectivity index is 2.48. The topological polar surface area (TPSA) is 41.5 Å². The summed E-state index contributed by atoms with van der Waals surface area (Å²) in [6.07, 6.45) is 0.807. The molecular formula is C16H27NO2. The molecule has 2 N–H and O–H groups in total. The van der Waals surface area contributed by atoms with E-state index in [9.17, 15) is 5.11 Å². The molecule has 1 unspecified atom stereocenters. The van der Waals surface area contributed by atoms with Crippen molar-refractivity contribution >= 4 is 0 Å². The van der Waals surface area contributed by atoms with Crippen molar-refractivity contribution in [3.63, 3.8) is 0 Å². The first-order valence-electron chi connectivity index (χ1n) is 7.13. The number of nitrogens with one attached hydrogen (secondary N) is 1. The molecule has 1 aromatic rings. The fourth-order valence-electron chi connectivity index (χ4n) is 2.10. The third-order valence-electron chi connectivity index (χ3n) is 3.05. The van der Waals surface area contributed by atoms with Crippen molar-refractivity contribution in [2.24, 2.45) is 0 Å². The molecule has 1 atom stereocenters. The van der Waals surface area contributed by atoms with Crippen LogP contribution in [0.3, 0.4) is 0 Å². The van der Waals surface area contributed by atoms with Crippen LogP contribution in [-0.2, 0) is 0 Å². The molecule has 3 nitrogen and oxygen atoms in total. The van der Waals surface area contributed by atoms with Gasteiger partial charge in [0.15, 0.2) is 0 Å². The summed E-state index contributed by atoms with van der Waals surface area (Å²) in [4.78, 5) is 0. The maximum absolute atomic E-state index is 9.30. The first-order valence-corrected chi connectivity index (χ1v) is 7.13. The molecule has 0 aromatic heterocycles. The highest BCUT2D eigenvalue weighted by Crippen LogP contribution is 2.25. The second kappa shape index (κ2) is 8.18. The van der Waals surface area contributed by atoms with Gasteiger partial charge in [-0.05, 0) is 24.0 Å². The number of ether oxygens (including phenoxy) is 1. The Bertz CT molecular complexity index is 364. The van der Waals surface area contributed by atoms with Gasteiger partial charge in [-0.3, -0.25) is 0 Å². The molecule has 108 valence electrons. The zero-order valence-corrected chi connectivity index (χ0v) is 12.5. The van der Waals surface area contributed by atoms with E-state index >= 15 is 0 Å². The van der Waals surface area contributed by atoms with Crippen LogP contribution >= 0.6 is 0 Å². The molecule has 0 aliphatic carbocycles. The molecule has 0 saturated carbocycles. The van der Waals surface area contributed by atoms with E-state index in [1.54, 1.807) is 0 Å². The lowest BCUT2D eigenvalue weighted by Crippen LogP contribution is -2.38. The Kier molecular flexibility index (Phi) is 6.89. The van der Waals surface area contributed by atoms with Crippen LogP contribution in [0.25, 0.3) is 0 Å². The Hall–Kier alpha value is -1.06. The second-order valence-electron chi connectivity index (χ2n) is 5.53. The third-order valence-corrected chi connectivity index (χ3v) is 3.05. The van der Waals surface area contributed by atoms with Gasteiger partial charge in [-0.2, -0.15) is 0 Å². The van der Waals surface area contributed by atoms with Crippen LogP contribution in [0.15, 0.2) is 24.3 Å². The lowest BCUT2D eigenvalue weighted by molar-refractivity contribution is 0.202. The number of benzene rings is 1. The van der Waals surface area contributed by atoms with E-state index in [0.29, 0.717) is 18.6 Å². The van der Waals surface area contributed by atoms with Gasteiger partial charge in [0.05, 0.1) is 13.2 Å². The summed E-state index contributed by atoms with van der Waals surface area (Å²) in [6.45, 7) is 9.26. The van der Waals surface area contributed by atoms with Gasteiger partial charge in [0.25, 0.3) is 0 Å². The number of rotatable bonds is 8. The van der Waals surface area contributed by atoms with Crippen molar-refractivity contribution in [2.45, 2.75) is 52.1 Å². The third kappa shape index (κ3) is 5.62. The van der Waals surface area contributed by atoms with Gasteiger partial charge < -0.3 is 15.2 Å². The SMILES string of the molecule is CC(C)NC(CO)CCOc1ccccc1C(C)C. The van der Waals surface area contributed by atoms with Crippen molar-refractivity contribution < 1.29 is 9.84 Å². The highest BCUT2D eigenvalue weighted by molar-refractivity contribution is 5.35. The zero-order chi connectivity index (χ0) is 14.3. The lowest BCUT2D eigenvalue weighted by Gasteiger charge is -2.20. The van der Waals surface area contributed by atoms with Gasteiger partial charge in [-0.1, -0.05) is 45.9 Å². The molecule has 0 saturated heterocycles. The Morgan fingerprint density at radius 2 is 1.84 bits per heavy atom. The summed E-state index contributed by atoms with van der Waals surface area (Å²) < 4.78 is 5.86. The highest BCUT2D eigenvalue weighted by atomic mass is 16.5. The van der Waals surface area contributed by atoms with E-state index in [1.807, 2.05) is 18.2 Å². The number of aliphatic hydroxyl groups is 1. The van der Waals surface area contributed by atoms with Gasteiger partial charge in [0.2, 0.25) is 0 Å². The molecule has 0 radical (unpaired) electrons. The molecule has 3 heteroatoms. The molecule has 0 amide bonds. The Morgan fingerprint density at radius 3 is 2.42 bits per heavy atom. The highest BCUT2D eigenvalue weighted by Gasteiger charge is 2.10. The number of aliphatic hydroxyl groups excluding tert-OH is 1. The van der Waals surface area contributed by atoms with Crippen LogP contribution in [0.4, 0.5) is 0 Å². The quantitative estimate of drug-likeness (QED) is 0.759. The van der Waals surface area contributed by atoms with E-state index in [-0.39, 0.29) is 12.6 Å². The molecule has 0 aliphatic rings. The normalized spacial score (nSPS) is 13.0. The van der Waals surface area contributed by atoms with Gasteiger partial charge in [-0.15, -0.1) is 0 Å². The number of hydrogen-bond donors (Lipinski definition) is 2. The van der Waals surface area contributed by atoms with Gasteiger partial charge in [0.1, 0.15) is 5.75 Å². The van der Waals surface area contributed by atoms with Crippen LogP contribution in [0.1, 0.15) is 45.6 Å². The molecule has 0 heterocycles. The van der Waals surface area contributed by atoms with Gasteiger partial charge in [-0.25, -0.2) is 0 Å². The summed E-state index contributed by atoms with van der Waals surface area (Å²) in [5, 5.41) is 12.6. The average molecular weight is 265 g/mol. The van der Waals surface area contributed by atoms with Crippen LogP contribution < -0.4 is 10.1 Å². The molecule has 0 bridgehead atoms. The summed E-state index contributed by atoms with van der Waals surface area (Å²) in [5.41, 5.74) is 1.24. The van der Waals surface area contributed by atoms with Crippen molar-refractivity contribution in [1.29, 1.82) is 0 Å². The predicted octanol–water partition coefficient (Wildman–Crippen LogP) is 2.94. The minimum absolute atomic E-state index is 0.103. The largest absolute Gasteiger partial charge is 0.493 e. The molecule has 0 aliphatic heterocycles. The smallest absolute Gasteiger partial charge is 0.122 e. The maximum Gasteiger partial charge on any atom is 0.122 e. The van der Waals surface area contributed by atoms with Crippen LogP contribution in [0.5, 0.6) is 5.75 Å². The molecule has 0 spiro atoms. The fourth-order valence-corrected chi connectivity index (χ4v) is 2.10. The minimum Gasteiger partial charge on any atom is -0.493 e. The second-order valence-corrected chi connectivity index (χ2v) is 5.53. The van der Waals surface area contributed by atoms with Gasteiger partial charge >= 0.3 is 0 Å². The molecule has 19 heavy (non-hydrogen) atoms. The lowest BCUT2D eigenvalue weighted by atomic mass is 10.0. The number of hydrogen-bond acceptors (Lipinski definition) is 3. The van der Waals surface area contributed by atoms with Crippen LogP contribution in [0.2, 0.25) is 0 Å². The molecule has 0 fully saturated rings. The summed E-state index contributed by atoms with van der Waals surface area (Å²) in [5.74, 6) is 1.41. The fraction of sp³-hybridized carbons (Fsp3) is 0.625. The van der Waals surface area contributed by atoms with E-state index < -0.39 is 0 Å². The Labute approximate surface area is 117 Å². The monoisotopic (exact) mass is 265 g/mol. The summed E-state index contributed by atoms with van der Waals surface area (Å²) >= 11 is 0. The first kappa shape index (κ1) is 16.0. The predicted molar refractivity (Wildman–Crippen MR) is 79.8 cm³/mol. The first-order chi connectivity index (χ1) is 9.04. The average Bonchev–Trinajstić information content (AvgIpc) is 2.37. The Morgan fingerprint density at radius 1 is 1.16 bits per heavy atom. The van der Waals surface area contributed by atoms with Crippen LogP contribution in [-0.4, -0.2) is 30.4 Å². The van der Waals surface area contributed by atoms with Crippen molar-refractivity contribution in [2.75, 3.05) is 13.2 Å². The van der Waals surface area contributed by atoms with E-state index in [1.165, 1.54) is 5.56 Å². The van der Waals surface area contributed by atoms with E-state index in [0.717, 1.165) is 12.2 Å². The van der Waals surface area contributed by atoms with E-state index in [4.69, 9.17) is 4.74 Å². The summed E-state index contributed by atoms with van der Waals surface area (Å²) in [6, 6.07) is 8.64. The summed E-state index contributed by atoms with van der Waals surface area (Å²) in [7, 11) is 0. The number of para-hydroxylation sites is 1. The van der Waals surface area contributed by atoms with Crippen molar-refractivity contribution in [3.8, 4) is 5.75 Å². The maximum atomic E-state index is 9.30. The molecular weight excluding hydrogens is 238 g/mol. The minimum atomic E-state index is 0.103. The van der Waals surface area contributed by atoms with Crippen molar-refractivity contribution in [1.82, 2.24) is 5.32 Å². The molecule has 1 rings (SSSR count). The zero-order valence-electron chi connectivity index (χ0n) is 12.5. The van der Waals surface area contributed by atoms with E-state index in [2.05, 4.69) is 39.1 Å². The standard InChI is InChI=1S/C16H27NO2/c1-12(2)15-7-5-6-8-16(15)19-10-9-14(11-18)17-13(3)4/h5-8,12-14,17-18H,9-11H2,1-4H3. The van der Waals surface area contributed by atoms with Gasteiger partial charge in [0, 0.05) is 12.1 Å². The van der Waals surface area contributed by atoms with Crippen molar-refractivity contribution in [3.05, 3.63) is 29.8 Å². The molecule has 1 aromatic carbocycles.